The monoisotopic (exact) mass is 392 g/mol. The fourth-order valence-electron chi connectivity index (χ4n) is 2.58. The second-order valence-corrected chi connectivity index (χ2v) is 7.72. The van der Waals surface area contributed by atoms with Crippen molar-refractivity contribution in [3.05, 3.63) is 63.7 Å². The van der Waals surface area contributed by atoms with Crippen molar-refractivity contribution in [2.75, 3.05) is 17.5 Å². The molecule has 9 heteroatoms. The van der Waals surface area contributed by atoms with Crippen LogP contribution in [0.3, 0.4) is 0 Å². The average Bonchev–Trinajstić information content (AvgIpc) is 2.60. The first-order valence-corrected chi connectivity index (χ1v) is 9.61. The SMILES string of the molecule is CCOC(=O)CN(c1ccc(C)cc1C)S(=O)(=O)c1ccc([N+](=O)[O-])cc1. The number of nitro groups is 1. The summed E-state index contributed by atoms with van der Waals surface area (Å²) in [6, 6.07) is 9.68. The van der Waals surface area contributed by atoms with E-state index in [-0.39, 0.29) is 17.2 Å². The summed E-state index contributed by atoms with van der Waals surface area (Å²) < 4.78 is 32.1. The lowest BCUT2D eigenvalue weighted by atomic mass is 10.1. The minimum atomic E-state index is -4.14. The normalized spacial score (nSPS) is 11.1. The number of aryl methyl sites for hydroxylation is 2. The largest absolute Gasteiger partial charge is 0.465 e. The van der Waals surface area contributed by atoms with Crippen molar-refractivity contribution in [2.24, 2.45) is 0 Å². The molecule has 0 N–H and O–H groups in total. The van der Waals surface area contributed by atoms with E-state index in [1.807, 2.05) is 6.92 Å². The molecular weight excluding hydrogens is 372 g/mol. The molecule has 8 nitrogen and oxygen atoms in total. The summed E-state index contributed by atoms with van der Waals surface area (Å²) >= 11 is 0. The first kappa shape index (κ1) is 20.4. The number of nitro benzene ring substituents is 1. The van der Waals surface area contributed by atoms with Gasteiger partial charge in [0.05, 0.1) is 22.1 Å². The molecule has 144 valence electrons. The lowest BCUT2D eigenvalue weighted by Crippen LogP contribution is -2.37. The van der Waals surface area contributed by atoms with E-state index in [0.29, 0.717) is 11.3 Å². The van der Waals surface area contributed by atoms with Crippen LogP contribution >= 0.6 is 0 Å². The first-order chi connectivity index (χ1) is 12.7. The average molecular weight is 392 g/mol. The molecule has 0 unspecified atom stereocenters. The van der Waals surface area contributed by atoms with Gasteiger partial charge in [0.1, 0.15) is 6.54 Å². The topological polar surface area (TPSA) is 107 Å². The fourth-order valence-corrected chi connectivity index (χ4v) is 4.05. The van der Waals surface area contributed by atoms with Crippen molar-refractivity contribution in [3.63, 3.8) is 0 Å². The molecule has 2 aromatic carbocycles. The number of sulfonamides is 1. The molecule has 0 aromatic heterocycles. The van der Waals surface area contributed by atoms with Gasteiger partial charge in [0.2, 0.25) is 0 Å². The van der Waals surface area contributed by atoms with E-state index in [2.05, 4.69) is 0 Å². The third-order valence-electron chi connectivity index (χ3n) is 3.83. The van der Waals surface area contributed by atoms with E-state index in [0.717, 1.165) is 34.1 Å². The second-order valence-electron chi connectivity index (χ2n) is 5.86. The zero-order valence-electron chi connectivity index (χ0n) is 15.2. The molecule has 0 saturated heterocycles. The standard InChI is InChI=1S/C18H20N2O6S/c1-4-26-18(21)12-19(17-10-5-13(2)11-14(17)3)27(24,25)16-8-6-15(7-9-16)20(22)23/h5-11H,4,12H2,1-3H3. The van der Waals surface area contributed by atoms with Crippen molar-refractivity contribution in [3.8, 4) is 0 Å². The fraction of sp³-hybridized carbons (Fsp3) is 0.278. The van der Waals surface area contributed by atoms with Crippen LogP contribution in [0.25, 0.3) is 0 Å². The van der Waals surface area contributed by atoms with Crippen molar-refractivity contribution < 1.29 is 22.9 Å². The number of hydrogen-bond donors (Lipinski definition) is 0. The van der Waals surface area contributed by atoms with Crippen LogP contribution in [0.15, 0.2) is 47.4 Å². The van der Waals surface area contributed by atoms with Crippen molar-refractivity contribution in [1.82, 2.24) is 0 Å². The predicted molar refractivity (Wildman–Crippen MR) is 100 cm³/mol. The van der Waals surface area contributed by atoms with Crippen molar-refractivity contribution in [1.29, 1.82) is 0 Å². The lowest BCUT2D eigenvalue weighted by Gasteiger charge is -2.25. The Kier molecular flexibility index (Phi) is 6.17. The van der Waals surface area contributed by atoms with Gasteiger partial charge in [-0.05, 0) is 44.5 Å². The Morgan fingerprint density at radius 3 is 2.30 bits per heavy atom. The van der Waals surface area contributed by atoms with Gasteiger partial charge >= 0.3 is 5.97 Å². The molecule has 0 aliphatic heterocycles. The third-order valence-corrected chi connectivity index (χ3v) is 5.61. The summed E-state index contributed by atoms with van der Waals surface area (Å²) in [5.74, 6) is -0.692. The zero-order chi connectivity index (χ0) is 20.2. The molecule has 0 aliphatic rings. The molecule has 0 saturated carbocycles. The van der Waals surface area contributed by atoms with Gasteiger partial charge in [0.25, 0.3) is 15.7 Å². The van der Waals surface area contributed by atoms with Crippen molar-refractivity contribution in [2.45, 2.75) is 25.7 Å². The summed E-state index contributed by atoms with van der Waals surface area (Å²) in [6.45, 7) is 4.86. The van der Waals surface area contributed by atoms with Crippen LogP contribution in [-0.2, 0) is 19.6 Å². The van der Waals surface area contributed by atoms with E-state index in [4.69, 9.17) is 4.74 Å². The quantitative estimate of drug-likeness (QED) is 0.407. The van der Waals surface area contributed by atoms with Crippen LogP contribution in [0.5, 0.6) is 0 Å². The second kappa shape index (κ2) is 8.17. The molecule has 2 rings (SSSR count). The maximum Gasteiger partial charge on any atom is 0.326 e. The highest BCUT2D eigenvalue weighted by atomic mass is 32.2. The Hall–Kier alpha value is -2.94. The summed E-state index contributed by atoms with van der Waals surface area (Å²) in [6.07, 6.45) is 0. The highest BCUT2D eigenvalue weighted by Gasteiger charge is 2.29. The lowest BCUT2D eigenvalue weighted by molar-refractivity contribution is -0.384. The molecule has 0 radical (unpaired) electrons. The molecule has 27 heavy (non-hydrogen) atoms. The number of anilines is 1. The molecule has 0 spiro atoms. The van der Waals surface area contributed by atoms with Crippen molar-refractivity contribution >= 4 is 27.4 Å². The van der Waals surface area contributed by atoms with Crippen LogP contribution in [-0.4, -0.2) is 32.5 Å². The van der Waals surface area contributed by atoms with Crippen LogP contribution in [0.2, 0.25) is 0 Å². The predicted octanol–water partition coefficient (Wildman–Crippen LogP) is 2.97. The Labute approximate surface area is 157 Å². The van der Waals surface area contributed by atoms with Crippen LogP contribution < -0.4 is 4.31 Å². The third kappa shape index (κ3) is 4.62. The summed E-state index contributed by atoms with van der Waals surface area (Å²) in [4.78, 5) is 22.0. The number of carbonyl (C=O) groups excluding carboxylic acids is 1. The molecule has 0 bridgehead atoms. The molecule has 2 aromatic rings. The Bertz CT molecular complexity index is 954. The molecule has 0 heterocycles. The molecule has 0 atom stereocenters. The van der Waals surface area contributed by atoms with Gasteiger partial charge in [-0.3, -0.25) is 19.2 Å². The number of nitrogens with zero attached hydrogens (tertiary/aromatic N) is 2. The highest BCUT2D eigenvalue weighted by Crippen LogP contribution is 2.28. The van der Waals surface area contributed by atoms with Gasteiger partial charge in [0.15, 0.2) is 0 Å². The van der Waals surface area contributed by atoms with E-state index >= 15 is 0 Å². The Morgan fingerprint density at radius 2 is 1.78 bits per heavy atom. The van der Waals surface area contributed by atoms with Gasteiger partial charge in [-0.1, -0.05) is 17.7 Å². The van der Waals surface area contributed by atoms with E-state index < -0.39 is 27.5 Å². The molecular formula is C18H20N2O6S. The van der Waals surface area contributed by atoms with Crippen LogP contribution in [0.4, 0.5) is 11.4 Å². The van der Waals surface area contributed by atoms with Gasteiger partial charge in [-0.25, -0.2) is 8.42 Å². The minimum absolute atomic E-state index is 0.122. The number of benzene rings is 2. The Balaban J connectivity index is 2.53. The maximum absolute atomic E-state index is 13.1. The van der Waals surface area contributed by atoms with Crippen LogP contribution in [0, 0.1) is 24.0 Å². The highest BCUT2D eigenvalue weighted by molar-refractivity contribution is 7.92. The summed E-state index contributed by atoms with van der Waals surface area (Å²) in [7, 11) is -4.14. The number of non-ortho nitro benzene ring substituents is 1. The molecule has 0 fully saturated rings. The summed E-state index contributed by atoms with van der Waals surface area (Å²) in [5, 5.41) is 10.8. The zero-order valence-corrected chi connectivity index (χ0v) is 16.0. The van der Waals surface area contributed by atoms with Gasteiger partial charge < -0.3 is 4.74 Å². The first-order valence-electron chi connectivity index (χ1n) is 8.17. The van der Waals surface area contributed by atoms with Gasteiger partial charge in [-0.2, -0.15) is 0 Å². The van der Waals surface area contributed by atoms with Gasteiger partial charge in [0, 0.05) is 12.1 Å². The number of rotatable bonds is 7. The summed E-state index contributed by atoms with van der Waals surface area (Å²) in [5.41, 5.74) is 1.73. The number of carbonyl (C=O) groups is 1. The Morgan fingerprint density at radius 1 is 1.15 bits per heavy atom. The van der Waals surface area contributed by atoms with E-state index in [1.165, 1.54) is 0 Å². The van der Waals surface area contributed by atoms with Crippen LogP contribution in [0.1, 0.15) is 18.1 Å². The smallest absolute Gasteiger partial charge is 0.326 e. The van der Waals surface area contributed by atoms with E-state index in [9.17, 15) is 23.3 Å². The number of ether oxygens (including phenoxy) is 1. The number of hydrogen-bond acceptors (Lipinski definition) is 6. The molecule has 0 aliphatic carbocycles. The minimum Gasteiger partial charge on any atom is -0.465 e. The van der Waals surface area contributed by atoms with Gasteiger partial charge in [-0.15, -0.1) is 0 Å². The maximum atomic E-state index is 13.1. The van der Waals surface area contributed by atoms with E-state index in [1.54, 1.807) is 32.0 Å². The number of esters is 1. The molecule has 0 amide bonds.